The Balaban J connectivity index is 2.15. The van der Waals surface area contributed by atoms with Crippen LogP contribution in [-0.4, -0.2) is 23.5 Å². The quantitative estimate of drug-likeness (QED) is 0.406. The average molecular weight is 196 g/mol. The number of esters is 1. The molecule has 2 fully saturated rings. The Morgan fingerprint density at radius 1 is 1.64 bits per heavy atom. The van der Waals surface area contributed by atoms with Crippen molar-refractivity contribution in [3.8, 4) is 0 Å². The molecule has 2 aliphatic carbocycles. The van der Waals surface area contributed by atoms with Crippen molar-refractivity contribution in [1.29, 1.82) is 0 Å². The molecule has 0 spiro atoms. The van der Waals surface area contributed by atoms with Crippen molar-refractivity contribution in [2.24, 2.45) is 11.8 Å². The third-order valence-electron chi connectivity index (χ3n) is 2.78. The Bertz CT molecular complexity index is 329. The molecule has 0 aromatic rings. The van der Waals surface area contributed by atoms with Crippen LogP contribution in [0.15, 0.2) is 11.3 Å². The number of aliphatic hydroxyl groups excluding tert-OH is 1. The first-order chi connectivity index (χ1) is 6.65. The zero-order valence-electron chi connectivity index (χ0n) is 7.95. The number of aliphatic hydroxyl groups is 1. The van der Waals surface area contributed by atoms with Gasteiger partial charge < -0.3 is 9.84 Å². The minimum atomic E-state index is -0.780. The molecule has 2 saturated carbocycles. The second kappa shape index (κ2) is 3.12. The van der Waals surface area contributed by atoms with E-state index in [1.807, 2.05) is 0 Å². The summed E-state index contributed by atoms with van der Waals surface area (Å²) < 4.78 is 4.62. The summed E-state index contributed by atoms with van der Waals surface area (Å²) in [6, 6.07) is 0. The standard InChI is InChI=1S/C10H12O4/c1-2-14-10(13)9(12)7-4-5-3-6(5)8(7)11/h5-6,12H,2-4H2,1H3/t5-,6-/m0/s1. The molecule has 0 unspecified atom stereocenters. The molecule has 0 bridgehead atoms. The van der Waals surface area contributed by atoms with Crippen LogP contribution in [0.1, 0.15) is 19.8 Å². The summed E-state index contributed by atoms with van der Waals surface area (Å²) in [5.74, 6) is -0.891. The number of hydrogen-bond donors (Lipinski definition) is 1. The molecule has 76 valence electrons. The van der Waals surface area contributed by atoms with E-state index in [0.29, 0.717) is 12.3 Å². The molecule has 4 nitrogen and oxygen atoms in total. The summed E-state index contributed by atoms with van der Waals surface area (Å²) in [6.45, 7) is 1.86. The summed E-state index contributed by atoms with van der Waals surface area (Å²) in [5, 5.41) is 9.44. The van der Waals surface area contributed by atoms with Crippen LogP contribution in [0.4, 0.5) is 0 Å². The molecular weight excluding hydrogens is 184 g/mol. The van der Waals surface area contributed by atoms with E-state index in [0.717, 1.165) is 6.42 Å². The second-order valence-electron chi connectivity index (χ2n) is 3.72. The number of rotatable bonds is 2. The van der Waals surface area contributed by atoms with Crippen molar-refractivity contribution < 1.29 is 19.4 Å². The van der Waals surface area contributed by atoms with Gasteiger partial charge in [-0.2, -0.15) is 0 Å². The van der Waals surface area contributed by atoms with E-state index in [2.05, 4.69) is 4.74 Å². The Hall–Kier alpha value is -1.32. The van der Waals surface area contributed by atoms with Crippen molar-refractivity contribution in [3.05, 3.63) is 11.3 Å². The number of fused-ring (bicyclic) bond motifs is 1. The number of ketones is 1. The molecule has 1 N–H and O–H groups in total. The summed E-state index contributed by atoms with van der Waals surface area (Å²) in [7, 11) is 0. The Labute approximate surface area is 81.6 Å². The van der Waals surface area contributed by atoms with Crippen molar-refractivity contribution in [2.75, 3.05) is 6.61 Å². The summed E-state index contributed by atoms with van der Waals surface area (Å²) in [5.41, 5.74) is 0.268. The van der Waals surface area contributed by atoms with E-state index in [9.17, 15) is 14.7 Å². The van der Waals surface area contributed by atoms with Gasteiger partial charge in [0.15, 0.2) is 5.78 Å². The Kier molecular flexibility index (Phi) is 2.06. The highest BCUT2D eigenvalue weighted by Gasteiger charge is 2.52. The molecule has 2 atom stereocenters. The predicted molar refractivity (Wildman–Crippen MR) is 47.5 cm³/mol. The van der Waals surface area contributed by atoms with Gasteiger partial charge in [0.05, 0.1) is 6.61 Å². The lowest BCUT2D eigenvalue weighted by atomic mass is 10.1. The number of allylic oxidation sites excluding steroid dienone is 1. The molecule has 0 heterocycles. The molecule has 14 heavy (non-hydrogen) atoms. The fourth-order valence-corrected chi connectivity index (χ4v) is 1.92. The van der Waals surface area contributed by atoms with Gasteiger partial charge in [-0.25, -0.2) is 4.79 Å². The molecule has 2 rings (SSSR count). The lowest BCUT2D eigenvalue weighted by molar-refractivity contribution is -0.142. The van der Waals surface area contributed by atoms with Gasteiger partial charge in [-0.1, -0.05) is 0 Å². The number of ether oxygens (including phenoxy) is 1. The average Bonchev–Trinajstić information content (AvgIpc) is 2.86. The fraction of sp³-hybridized carbons (Fsp3) is 0.600. The van der Waals surface area contributed by atoms with Crippen molar-refractivity contribution in [3.63, 3.8) is 0 Å². The van der Waals surface area contributed by atoms with Gasteiger partial charge in [0, 0.05) is 11.5 Å². The second-order valence-corrected chi connectivity index (χ2v) is 3.72. The smallest absolute Gasteiger partial charge is 0.373 e. The summed E-state index contributed by atoms with van der Waals surface area (Å²) in [6.07, 6.45) is 1.45. The number of carbonyl (C=O) groups is 2. The molecular formula is C10H12O4. The third kappa shape index (κ3) is 1.31. The van der Waals surface area contributed by atoms with Gasteiger partial charge in [-0.3, -0.25) is 4.79 Å². The zero-order chi connectivity index (χ0) is 10.3. The first-order valence-corrected chi connectivity index (χ1v) is 4.78. The van der Waals surface area contributed by atoms with Crippen LogP contribution in [-0.2, 0) is 14.3 Å². The van der Waals surface area contributed by atoms with Gasteiger partial charge in [0.1, 0.15) is 0 Å². The van der Waals surface area contributed by atoms with Gasteiger partial charge in [-0.15, -0.1) is 0 Å². The summed E-state index contributed by atoms with van der Waals surface area (Å²) >= 11 is 0. The predicted octanol–water partition coefficient (Wildman–Crippen LogP) is 0.971. The van der Waals surface area contributed by atoms with E-state index in [-0.39, 0.29) is 23.9 Å². The van der Waals surface area contributed by atoms with Crippen molar-refractivity contribution in [1.82, 2.24) is 0 Å². The van der Waals surface area contributed by atoms with Crippen LogP contribution in [0.25, 0.3) is 0 Å². The van der Waals surface area contributed by atoms with Crippen molar-refractivity contribution in [2.45, 2.75) is 19.8 Å². The monoisotopic (exact) mass is 196 g/mol. The van der Waals surface area contributed by atoms with Crippen LogP contribution in [0.2, 0.25) is 0 Å². The SMILES string of the molecule is CCOC(=O)C(O)=C1C[C@@H]2C[C@@H]2C1=O. The van der Waals surface area contributed by atoms with Crippen LogP contribution < -0.4 is 0 Å². The van der Waals surface area contributed by atoms with Gasteiger partial charge in [-0.05, 0) is 25.7 Å². The van der Waals surface area contributed by atoms with Crippen LogP contribution in [0, 0.1) is 11.8 Å². The molecule has 4 heteroatoms. The maximum Gasteiger partial charge on any atom is 0.373 e. The van der Waals surface area contributed by atoms with Gasteiger partial charge in [0.2, 0.25) is 5.76 Å². The lowest BCUT2D eigenvalue weighted by Crippen LogP contribution is -2.13. The van der Waals surface area contributed by atoms with Crippen LogP contribution in [0.5, 0.6) is 0 Å². The minimum Gasteiger partial charge on any atom is -0.502 e. The highest BCUT2D eigenvalue weighted by molar-refractivity contribution is 6.07. The van der Waals surface area contributed by atoms with Crippen molar-refractivity contribution >= 4 is 11.8 Å². The molecule has 0 amide bonds. The Morgan fingerprint density at radius 3 is 2.86 bits per heavy atom. The maximum absolute atomic E-state index is 11.5. The first kappa shape index (κ1) is 9.24. The lowest BCUT2D eigenvalue weighted by Gasteiger charge is -2.04. The molecule has 0 aromatic heterocycles. The highest BCUT2D eigenvalue weighted by Crippen LogP contribution is 2.52. The van der Waals surface area contributed by atoms with Gasteiger partial charge in [0.25, 0.3) is 0 Å². The number of Topliss-reactive ketones (excluding diaryl/α,β-unsaturated/α-hetero) is 1. The van der Waals surface area contributed by atoms with E-state index < -0.39 is 11.7 Å². The van der Waals surface area contributed by atoms with Crippen LogP contribution >= 0.6 is 0 Å². The largest absolute Gasteiger partial charge is 0.502 e. The van der Waals surface area contributed by atoms with E-state index in [1.54, 1.807) is 6.92 Å². The molecule has 0 saturated heterocycles. The normalized spacial score (nSPS) is 32.5. The van der Waals surface area contributed by atoms with E-state index >= 15 is 0 Å². The minimum absolute atomic E-state index is 0.0689. The molecule has 2 aliphatic rings. The van der Waals surface area contributed by atoms with E-state index in [4.69, 9.17) is 0 Å². The zero-order valence-corrected chi connectivity index (χ0v) is 7.95. The number of hydrogen-bond acceptors (Lipinski definition) is 4. The molecule has 0 aromatic carbocycles. The van der Waals surface area contributed by atoms with Gasteiger partial charge >= 0.3 is 5.97 Å². The topological polar surface area (TPSA) is 63.6 Å². The first-order valence-electron chi connectivity index (χ1n) is 4.78. The van der Waals surface area contributed by atoms with E-state index in [1.165, 1.54) is 0 Å². The Morgan fingerprint density at radius 2 is 2.36 bits per heavy atom. The molecule has 0 aliphatic heterocycles. The number of carbonyl (C=O) groups excluding carboxylic acids is 2. The third-order valence-corrected chi connectivity index (χ3v) is 2.78. The highest BCUT2D eigenvalue weighted by atomic mass is 16.5. The van der Waals surface area contributed by atoms with Crippen LogP contribution in [0.3, 0.4) is 0 Å². The molecule has 0 radical (unpaired) electrons. The fourth-order valence-electron chi connectivity index (χ4n) is 1.92. The maximum atomic E-state index is 11.5. The summed E-state index contributed by atoms with van der Waals surface area (Å²) in [4.78, 5) is 22.6.